The third-order valence-electron chi connectivity index (χ3n) is 9.70. The van der Waals surface area contributed by atoms with Gasteiger partial charge in [0.2, 0.25) is 0 Å². The van der Waals surface area contributed by atoms with E-state index in [0.717, 1.165) is 122 Å². The van der Waals surface area contributed by atoms with E-state index in [1.807, 2.05) is 0 Å². The Bertz CT molecular complexity index is 1100. The summed E-state index contributed by atoms with van der Waals surface area (Å²) in [6, 6.07) is 0. The molecule has 1 atom stereocenters. The van der Waals surface area contributed by atoms with Crippen LogP contribution in [-0.4, -0.2) is 37.2 Å². The van der Waals surface area contributed by atoms with Crippen LogP contribution in [0.3, 0.4) is 0 Å². The first-order valence-electron chi connectivity index (χ1n) is 23.4. The van der Waals surface area contributed by atoms with Crippen molar-refractivity contribution < 1.29 is 28.6 Å². The van der Waals surface area contributed by atoms with E-state index in [1.54, 1.807) is 0 Å². The largest absolute Gasteiger partial charge is 0.462 e. The van der Waals surface area contributed by atoms with Crippen LogP contribution in [0.5, 0.6) is 0 Å². The van der Waals surface area contributed by atoms with Crippen molar-refractivity contribution in [3.05, 3.63) is 72.9 Å². The summed E-state index contributed by atoms with van der Waals surface area (Å²) in [5.74, 6) is -0.936. The molecule has 57 heavy (non-hydrogen) atoms. The summed E-state index contributed by atoms with van der Waals surface area (Å²) in [5, 5.41) is 0. The predicted molar refractivity (Wildman–Crippen MR) is 242 cm³/mol. The van der Waals surface area contributed by atoms with Crippen molar-refractivity contribution in [1.29, 1.82) is 0 Å². The fourth-order valence-electron chi connectivity index (χ4n) is 6.15. The lowest BCUT2D eigenvalue weighted by atomic mass is 10.1. The summed E-state index contributed by atoms with van der Waals surface area (Å²) in [6.07, 6.45) is 56.0. The fourth-order valence-corrected chi connectivity index (χ4v) is 6.15. The second-order valence-electron chi connectivity index (χ2n) is 15.3. The summed E-state index contributed by atoms with van der Waals surface area (Å²) in [6.45, 7) is 6.40. The monoisotopic (exact) mass is 795 g/mol. The number of allylic oxidation sites excluding steroid dienone is 12. The molecule has 326 valence electrons. The molecule has 0 aromatic rings. The first-order chi connectivity index (χ1) is 28.0. The summed E-state index contributed by atoms with van der Waals surface area (Å²) in [4.78, 5) is 37.7. The van der Waals surface area contributed by atoms with Crippen LogP contribution in [0.15, 0.2) is 72.9 Å². The smallest absolute Gasteiger partial charge is 0.306 e. The first kappa shape index (κ1) is 53.9. The maximum absolute atomic E-state index is 12.7. The molecule has 0 saturated heterocycles. The summed E-state index contributed by atoms with van der Waals surface area (Å²) >= 11 is 0. The number of hydrogen-bond donors (Lipinski definition) is 0. The van der Waals surface area contributed by atoms with Crippen LogP contribution < -0.4 is 0 Å². The van der Waals surface area contributed by atoms with E-state index >= 15 is 0 Å². The average molecular weight is 795 g/mol. The molecule has 0 aliphatic rings. The van der Waals surface area contributed by atoms with Gasteiger partial charge in [-0.3, -0.25) is 14.4 Å². The Balaban J connectivity index is 4.40. The normalized spacial score (nSPS) is 12.7. The maximum atomic E-state index is 12.7. The Morgan fingerprint density at radius 3 is 1.12 bits per heavy atom. The van der Waals surface area contributed by atoms with Crippen LogP contribution in [0.1, 0.15) is 213 Å². The molecule has 0 aliphatic carbocycles. The number of esters is 3. The minimum atomic E-state index is -0.789. The molecule has 0 bridgehead atoms. The maximum Gasteiger partial charge on any atom is 0.306 e. The zero-order valence-electron chi connectivity index (χ0n) is 37.1. The van der Waals surface area contributed by atoms with Gasteiger partial charge in [0.05, 0.1) is 0 Å². The molecule has 0 heterocycles. The Kier molecular flexibility index (Phi) is 43.0. The number of unbranched alkanes of at least 4 members (excludes halogenated alkanes) is 18. The zero-order valence-corrected chi connectivity index (χ0v) is 37.1. The van der Waals surface area contributed by atoms with E-state index < -0.39 is 6.10 Å². The molecule has 0 aromatic heterocycles. The van der Waals surface area contributed by atoms with Gasteiger partial charge in [0.15, 0.2) is 6.10 Å². The van der Waals surface area contributed by atoms with E-state index in [-0.39, 0.29) is 31.1 Å². The van der Waals surface area contributed by atoms with E-state index in [2.05, 4.69) is 93.7 Å². The van der Waals surface area contributed by atoms with Gasteiger partial charge in [0, 0.05) is 19.3 Å². The van der Waals surface area contributed by atoms with Crippen molar-refractivity contribution in [2.75, 3.05) is 13.2 Å². The van der Waals surface area contributed by atoms with Crippen LogP contribution in [-0.2, 0) is 28.6 Å². The molecule has 6 heteroatoms. The van der Waals surface area contributed by atoms with E-state index in [0.29, 0.717) is 19.3 Å². The molecule has 0 radical (unpaired) electrons. The Morgan fingerprint density at radius 1 is 0.368 bits per heavy atom. The molecular weight excluding hydrogens is 709 g/mol. The number of ether oxygens (including phenoxy) is 3. The van der Waals surface area contributed by atoms with Crippen LogP contribution in [0.2, 0.25) is 0 Å². The van der Waals surface area contributed by atoms with Crippen molar-refractivity contribution >= 4 is 17.9 Å². The van der Waals surface area contributed by atoms with Gasteiger partial charge in [-0.25, -0.2) is 0 Å². The van der Waals surface area contributed by atoms with E-state index in [1.165, 1.54) is 51.4 Å². The van der Waals surface area contributed by atoms with Gasteiger partial charge in [-0.05, 0) is 83.5 Å². The minimum Gasteiger partial charge on any atom is -0.462 e. The number of carbonyl (C=O) groups excluding carboxylic acids is 3. The van der Waals surface area contributed by atoms with Crippen molar-refractivity contribution in [3.8, 4) is 0 Å². The number of rotatable bonds is 41. The average Bonchev–Trinajstić information content (AvgIpc) is 3.21. The lowest BCUT2D eigenvalue weighted by Crippen LogP contribution is -2.30. The summed E-state index contributed by atoms with van der Waals surface area (Å²) in [5.41, 5.74) is 0. The molecule has 0 aliphatic heterocycles. The molecule has 6 nitrogen and oxygen atoms in total. The van der Waals surface area contributed by atoms with Crippen LogP contribution in [0, 0.1) is 0 Å². The van der Waals surface area contributed by atoms with Gasteiger partial charge in [-0.2, -0.15) is 0 Å². The highest BCUT2D eigenvalue weighted by molar-refractivity contribution is 5.71. The SMILES string of the molecule is CC/C=C\C/C=C\C/C=C\C/C=C\CCCCCCC(=O)OCC(COC(=O)CCCCCCCCCC)OC(=O)CCCCCCC/C=C\C/C=C\CCCC. The van der Waals surface area contributed by atoms with Gasteiger partial charge in [-0.15, -0.1) is 0 Å². The van der Waals surface area contributed by atoms with Crippen LogP contribution >= 0.6 is 0 Å². The second kappa shape index (κ2) is 45.6. The third-order valence-corrected chi connectivity index (χ3v) is 9.70. The van der Waals surface area contributed by atoms with Gasteiger partial charge < -0.3 is 14.2 Å². The van der Waals surface area contributed by atoms with Crippen LogP contribution in [0.4, 0.5) is 0 Å². The third kappa shape index (κ3) is 43.8. The van der Waals surface area contributed by atoms with Crippen molar-refractivity contribution in [2.24, 2.45) is 0 Å². The second-order valence-corrected chi connectivity index (χ2v) is 15.3. The van der Waals surface area contributed by atoms with Crippen molar-refractivity contribution in [1.82, 2.24) is 0 Å². The summed E-state index contributed by atoms with van der Waals surface area (Å²) in [7, 11) is 0. The lowest BCUT2D eigenvalue weighted by molar-refractivity contribution is -0.167. The molecular formula is C51H86O6. The molecule has 0 N–H and O–H groups in total. The molecule has 0 fully saturated rings. The number of hydrogen-bond acceptors (Lipinski definition) is 6. The highest BCUT2D eigenvalue weighted by Crippen LogP contribution is 2.13. The molecule has 0 aromatic carbocycles. The lowest BCUT2D eigenvalue weighted by Gasteiger charge is -2.18. The Hall–Kier alpha value is -3.15. The van der Waals surface area contributed by atoms with Crippen molar-refractivity contribution in [2.45, 2.75) is 219 Å². The molecule has 0 amide bonds. The van der Waals surface area contributed by atoms with Gasteiger partial charge >= 0.3 is 17.9 Å². The highest BCUT2D eigenvalue weighted by Gasteiger charge is 2.19. The quantitative estimate of drug-likeness (QED) is 0.0265. The molecule has 0 spiro atoms. The van der Waals surface area contributed by atoms with Gasteiger partial charge in [0.25, 0.3) is 0 Å². The Labute approximate surface area is 351 Å². The molecule has 1 unspecified atom stereocenters. The van der Waals surface area contributed by atoms with Crippen molar-refractivity contribution in [3.63, 3.8) is 0 Å². The van der Waals surface area contributed by atoms with E-state index in [4.69, 9.17) is 14.2 Å². The van der Waals surface area contributed by atoms with E-state index in [9.17, 15) is 14.4 Å². The zero-order chi connectivity index (χ0) is 41.5. The molecule has 0 rings (SSSR count). The minimum absolute atomic E-state index is 0.0891. The van der Waals surface area contributed by atoms with Gasteiger partial charge in [-0.1, -0.05) is 184 Å². The first-order valence-corrected chi connectivity index (χ1v) is 23.4. The standard InChI is InChI=1S/C51H86O6/c1-4-7-10-13-16-19-21-23-25-26-27-29-30-32-35-38-41-44-50(53)56-47-48(46-55-49(52)43-40-37-34-18-15-12-9-6-3)57-51(54)45-42-39-36-33-31-28-24-22-20-17-14-11-8-5-2/h7,10,14,16-17,19,22-25,27,29,48H,4-6,8-9,11-13,15,18,20-21,26,28,30-47H2,1-3H3/b10-7-,17-14-,19-16-,24-22-,25-23-,29-27-. The summed E-state index contributed by atoms with van der Waals surface area (Å²) < 4.78 is 16.7. The topological polar surface area (TPSA) is 78.9 Å². The fraction of sp³-hybridized carbons (Fsp3) is 0.706. The van der Waals surface area contributed by atoms with Crippen LogP contribution in [0.25, 0.3) is 0 Å². The predicted octanol–water partition coefficient (Wildman–Crippen LogP) is 15.1. The van der Waals surface area contributed by atoms with Gasteiger partial charge in [0.1, 0.15) is 13.2 Å². The number of carbonyl (C=O) groups is 3. The molecule has 0 saturated carbocycles. The highest BCUT2D eigenvalue weighted by atomic mass is 16.6. The Morgan fingerprint density at radius 2 is 0.702 bits per heavy atom.